The van der Waals surface area contributed by atoms with Gasteiger partial charge in [0.1, 0.15) is 0 Å². The van der Waals surface area contributed by atoms with Gasteiger partial charge in [-0.1, -0.05) is 19.8 Å². The third kappa shape index (κ3) is 2.41. The van der Waals surface area contributed by atoms with Crippen molar-refractivity contribution in [3.63, 3.8) is 0 Å². The molecule has 5 nitrogen and oxygen atoms in total. The Morgan fingerprint density at radius 1 is 1.37 bits per heavy atom. The molecule has 0 aromatic heterocycles. The first-order chi connectivity index (χ1) is 9.00. The number of carboxylic acids is 1. The second-order valence-corrected chi connectivity index (χ2v) is 5.20. The smallest absolute Gasteiger partial charge is 0.328 e. The topological polar surface area (TPSA) is 80.7 Å². The summed E-state index contributed by atoms with van der Waals surface area (Å²) in [6, 6.07) is 0. The zero-order valence-corrected chi connectivity index (χ0v) is 10.9. The van der Waals surface area contributed by atoms with E-state index in [1.165, 1.54) is 6.08 Å². The van der Waals surface area contributed by atoms with Crippen molar-refractivity contribution in [2.24, 2.45) is 11.8 Å². The van der Waals surface area contributed by atoms with E-state index in [0.717, 1.165) is 18.9 Å². The molecule has 1 saturated carbocycles. The molecule has 0 aromatic rings. The molecule has 1 N–H and O–H groups in total. The van der Waals surface area contributed by atoms with Crippen LogP contribution in [0.5, 0.6) is 0 Å². The number of Topliss-reactive ketones (excluding diaryl/α,β-unsaturated/α-hetero) is 1. The van der Waals surface area contributed by atoms with Crippen molar-refractivity contribution >= 4 is 17.7 Å². The lowest BCUT2D eigenvalue weighted by atomic mass is 9.70. The average molecular weight is 266 g/mol. The van der Waals surface area contributed by atoms with Crippen molar-refractivity contribution < 1.29 is 24.2 Å². The molecular weight excluding hydrogens is 248 g/mol. The van der Waals surface area contributed by atoms with Gasteiger partial charge in [-0.15, -0.1) is 0 Å². The minimum atomic E-state index is -1.38. The van der Waals surface area contributed by atoms with E-state index in [9.17, 15) is 14.4 Å². The van der Waals surface area contributed by atoms with Gasteiger partial charge in [-0.05, 0) is 25.3 Å². The molecule has 0 amide bonds. The van der Waals surface area contributed by atoms with E-state index in [0.29, 0.717) is 12.8 Å². The largest absolute Gasteiger partial charge is 0.478 e. The van der Waals surface area contributed by atoms with Crippen LogP contribution < -0.4 is 0 Å². The first-order valence-corrected chi connectivity index (χ1v) is 6.69. The van der Waals surface area contributed by atoms with E-state index in [1.54, 1.807) is 6.92 Å². The van der Waals surface area contributed by atoms with Crippen LogP contribution in [0, 0.1) is 11.8 Å². The highest BCUT2D eigenvalue weighted by Crippen LogP contribution is 2.41. The molecule has 0 aromatic carbocycles. The highest BCUT2D eigenvalue weighted by molar-refractivity contribution is 6.00. The van der Waals surface area contributed by atoms with Crippen LogP contribution in [0.1, 0.15) is 39.0 Å². The Hall–Kier alpha value is -1.65. The Labute approximate surface area is 111 Å². The Morgan fingerprint density at radius 2 is 2.00 bits per heavy atom. The summed E-state index contributed by atoms with van der Waals surface area (Å²) in [5.41, 5.74) is -1.38. The number of hydrogen-bond donors (Lipinski definition) is 1. The molecule has 3 atom stereocenters. The molecule has 1 saturated heterocycles. The normalized spacial score (nSPS) is 35.0. The van der Waals surface area contributed by atoms with Crippen LogP contribution >= 0.6 is 0 Å². The average Bonchev–Trinajstić information content (AvgIpc) is 2.41. The SMILES string of the molecule is CCC1(C=CC(=O)O)OC(=O)C2CCCCC2C1=O. The number of esters is 1. The maximum atomic E-state index is 12.5. The second kappa shape index (κ2) is 5.15. The lowest BCUT2D eigenvalue weighted by Crippen LogP contribution is -2.54. The highest BCUT2D eigenvalue weighted by Gasteiger charge is 2.52. The highest BCUT2D eigenvalue weighted by atomic mass is 16.6. The van der Waals surface area contributed by atoms with Gasteiger partial charge in [-0.3, -0.25) is 9.59 Å². The fraction of sp³-hybridized carbons (Fsp3) is 0.643. The second-order valence-electron chi connectivity index (χ2n) is 5.20. The van der Waals surface area contributed by atoms with Crippen molar-refractivity contribution in [3.8, 4) is 0 Å². The predicted molar refractivity (Wildman–Crippen MR) is 66.3 cm³/mol. The number of hydrogen-bond acceptors (Lipinski definition) is 4. The molecule has 5 heteroatoms. The van der Waals surface area contributed by atoms with E-state index in [1.807, 2.05) is 0 Å². The third-order valence-electron chi connectivity index (χ3n) is 4.13. The Balaban J connectivity index is 2.32. The lowest BCUT2D eigenvalue weighted by Gasteiger charge is -2.42. The fourth-order valence-electron chi connectivity index (χ4n) is 3.03. The minimum absolute atomic E-state index is 0.142. The van der Waals surface area contributed by atoms with Crippen molar-refractivity contribution in [2.45, 2.75) is 44.6 Å². The van der Waals surface area contributed by atoms with Crippen molar-refractivity contribution in [3.05, 3.63) is 12.2 Å². The summed E-state index contributed by atoms with van der Waals surface area (Å²) in [6.45, 7) is 1.72. The Kier molecular flexibility index (Phi) is 3.73. The van der Waals surface area contributed by atoms with Crippen molar-refractivity contribution in [1.82, 2.24) is 0 Å². The van der Waals surface area contributed by atoms with Crippen LogP contribution in [-0.4, -0.2) is 28.4 Å². The molecular formula is C14H18O5. The summed E-state index contributed by atoms with van der Waals surface area (Å²) in [4.78, 5) is 35.2. The number of rotatable bonds is 3. The maximum absolute atomic E-state index is 12.5. The summed E-state index contributed by atoms with van der Waals surface area (Å²) < 4.78 is 5.32. The zero-order valence-electron chi connectivity index (χ0n) is 10.9. The Morgan fingerprint density at radius 3 is 2.58 bits per heavy atom. The first-order valence-electron chi connectivity index (χ1n) is 6.69. The first kappa shape index (κ1) is 13.8. The number of aliphatic carboxylic acids is 1. The van der Waals surface area contributed by atoms with E-state index in [4.69, 9.17) is 9.84 Å². The maximum Gasteiger partial charge on any atom is 0.328 e. The van der Waals surface area contributed by atoms with Crippen LogP contribution in [-0.2, 0) is 19.1 Å². The molecule has 0 bridgehead atoms. The summed E-state index contributed by atoms with van der Waals surface area (Å²) >= 11 is 0. The van der Waals surface area contributed by atoms with Gasteiger partial charge < -0.3 is 9.84 Å². The van der Waals surface area contributed by atoms with Gasteiger partial charge in [0.15, 0.2) is 11.4 Å². The van der Waals surface area contributed by atoms with Crippen LogP contribution in [0.4, 0.5) is 0 Å². The van der Waals surface area contributed by atoms with E-state index < -0.39 is 11.6 Å². The number of fused-ring (bicyclic) bond motifs is 1. The monoisotopic (exact) mass is 266 g/mol. The molecule has 1 aliphatic heterocycles. The number of ether oxygens (including phenoxy) is 1. The summed E-state index contributed by atoms with van der Waals surface area (Å²) in [5.74, 6) is -2.30. The summed E-state index contributed by atoms with van der Waals surface area (Å²) in [5, 5.41) is 8.70. The number of carboxylic acid groups (broad SMARTS) is 1. The molecule has 2 aliphatic rings. The standard InChI is InChI=1S/C14H18O5/c1-2-14(8-7-11(15)16)12(17)9-5-3-4-6-10(9)13(18)19-14/h7-10H,2-6H2,1H3,(H,15,16). The van der Waals surface area contributed by atoms with E-state index in [2.05, 4.69) is 0 Å². The van der Waals surface area contributed by atoms with Gasteiger partial charge in [-0.25, -0.2) is 4.79 Å². The van der Waals surface area contributed by atoms with Gasteiger partial charge in [0.25, 0.3) is 0 Å². The molecule has 0 radical (unpaired) electrons. The number of ketones is 1. The number of carbonyl (C=O) groups is 3. The van der Waals surface area contributed by atoms with Crippen LogP contribution in [0.25, 0.3) is 0 Å². The molecule has 0 spiro atoms. The van der Waals surface area contributed by atoms with Crippen LogP contribution in [0.3, 0.4) is 0 Å². The van der Waals surface area contributed by atoms with E-state index in [-0.39, 0.29) is 30.0 Å². The van der Waals surface area contributed by atoms with Gasteiger partial charge in [-0.2, -0.15) is 0 Å². The van der Waals surface area contributed by atoms with Gasteiger partial charge in [0, 0.05) is 12.0 Å². The van der Waals surface area contributed by atoms with Crippen molar-refractivity contribution in [1.29, 1.82) is 0 Å². The van der Waals surface area contributed by atoms with Gasteiger partial charge in [0.2, 0.25) is 0 Å². The van der Waals surface area contributed by atoms with Crippen LogP contribution in [0.2, 0.25) is 0 Å². The molecule has 3 unspecified atom stereocenters. The van der Waals surface area contributed by atoms with Crippen LogP contribution in [0.15, 0.2) is 12.2 Å². The molecule has 19 heavy (non-hydrogen) atoms. The number of cyclic esters (lactones) is 1. The quantitative estimate of drug-likeness (QED) is 0.621. The number of carbonyl (C=O) groups excluding carboxylic acids is 2. The zero-order chi connectivity index (χ0) is 14.0. The predicted octanol–water partition coefficient (Wildman–Crippen LogP) is 1.71. The van der Waals surface area contributed by atoms with Gasteiger partial charge in [0.05, 0.1) is 5.92 Å². The molecule has 104 valence electrons. The summed E-state index contributed by atoms with van der Waals surface area (Å²) in [7, 11) is 0. The lowest BCUT2D eigenvalue weighted by molar-refractivity contribution is -0.182. The molecule has 2 rings (SSSR count). The van der Waals surface area contributed by atoms with Crippen molar-refractivity contribution in [2.75, 3.05) is 0 Å². The minimum Gasteiger partial charge on any atom is -0.478 e. The molecule has 1 heterocycles. The van der Waals surface area contributed by atoms with Gasteiger partial charge >= 0.3 is 11.9 Å². The fourth-order valence-corrected chi connectivity index (χ4v) is 3.03. The molecule has 2 fully saturated rings. The van der Waals surface area contributed by atoms with E-state index >= 15 is 0 Å². The molecule has 1 aliphatic carbocycles. The summed E-state index contributed by atoms with van der Waals surface area (Å²) in [6.07, 6.45) is 5.64. The Bertz CT molecular complexity index is 439. The third-order valence-corrected chi connectivity index (χ3v) is 4.13.